The predicted molar refractivity (Wildman–Crippen MR) is 480 cm³/mol. The molecule has 8 N–H and O–H groups in total. The Morgan fingerprint density at radius 1 is 0.421 bits per heavy atom. The van der Waals surface area contributed by atoms with E-state index in [1.165, 1.54) is 61.4 Å². The number of hydrogen-bond acceptors (Lipinski definition) is 19. The molecule has 31 heteroatoms. The number of alkyl halides is 1. The number of halogens is 1. The van der Waals surface area contributed by atoms with Crippen LogP contribution in [-0.4, -0.2) is 175 Å². The summed E-state index contributed by atoms with van der Waals surface area (Å²) in [5.74, 6) is 1.63. The third-order valence-corrected chi connectivity index (χ3v) is 19.5. The van der Waals surface area contributed by atoms with Crippen LogP contribution in [0.5, 0.6) is 34.5 Å². The number of aromatic hydroxyl groups is 2. The van der Waals surface area contributed by atoms with Gasteiger partial charge in [0.15, 0.2) is 26.4 Å². The van der Waals surface area contributed by atoms with E-state index in [9.17, 15) is 29.4 Å². The maximum atomic E-state index is 11.1. The summed E-state index contributed by atoms with van der Waals surface area (Å²) < 4.78 is 57.1. The lowest BCUT2D eigenvalue weighted by molar-refractivity contribution is -0.143. The highest BCUT2D eigenvalue weighted by Crippen LogP contribution is 2.32. The molecular formula is C90H102BrN12O17P. The number of rotatable bonds is 26. The first-order valence-corrected chi connectivity index (χ1v) is 40.0. The molecule has 1 unspecified atom stereocenters. The summed E-state index contributed by atoms with van der Waals surface area (Å²) in [5, 5.41) is 49.0. The molecule has 0 saturated heterocycles. The van der Waals surface area contributed by atoms with Gasteiger partial charge in [-0.3, -0.25) is 0 Å². The lowest BCUT2D eigenvalue weighted by Crippen LogP contribution is -2.12. The first kappa shape index (κ1) is 91.7. The Balaban J connectivity index is 0.000000175. The number of esters is 4. The summed E-state index contributed by atoms with van der Waals surface area (Å²) in [5.41, 5.74) is 25.0. The number of phenolic OH excluding ortho intramolecular Hbond substituents is 2. The van der Waals surface area contributed by atoms with E-state index in [1.807, 2.05) is 172 Å². The Morgan fingerprint density at radius 2 is 0.744 bits per heavy atom. The smallest absolute Gasteiger partial charge is 0.343 e. The molecule has 16 rings (SSSR count). The third-order valence-electron chi connectivity index (χ3n) is 18.9. The molecule has 8 aromatic heterocycles. The number of fused-ring (bicyclic) bond motifs is 8. The lowest BCUT2D eigenvalue weighted by atomic mass is 10.1. The van der Waals surface area contributed by atoms with Crippen LogP contribution in [-0.2, 0) is 81.9 Å². The number of nitrogens with two attached hydrogens (primary N) is 1. The number of aromatic nitrogens is 8. The minimum Gasteiger partial charge on any atom is -0.507 e. The van der Waals surface area contributed by atoms with Gasteiger partial charge < -0.3 is 106 Å². The average molecular weight is 1740 g/mol. The van der Waals surface area contributed by atoms with Gasteiger partial charge in [-0.05, 0) is 164 Å². The second-order valence-electron chi connectivity index (χ2n) is 26.5. The van der Waals surface area contributed by atoms with E-state index >= 15 is 0 Å². The second-order valence-corrected chi connectivity index (χ2v) is 27.6. The first-order valence-electron chi connectivity index (χ1n) is 38.4. The number of aryl methyl sites for hydroxylation is 3. The molecule has 121 heavy (non-hydrogen) atoms. The minimum atomic E-state index is -0.426. The van der Waals surface area contributed by atoms with Gasteiger partial charge in [0.05, 0.1) is 75.8 Å². The van der Waals surface area contributed by atoms with Crippen LogP contribution in [0.3, 0.4) is 0 Å². The van der Waals surface area contributed by atoms with Crippen LogP contribution in [0.25, 0.3) is 97.7 Å². The molecular weight excluding hydrogens is 1630 g/mol. The van der Waals surface area contributed by atoms with Crippen molar-refractivity contribution >= 4 is 136 Å². The van der Waals surface area contributed by atoms with Crippen molar-refractivity contribution in [1.29, 1.82) is 0 Å². The maximum Gasteiger partial charge on any atom is 0.343 e. The number of nitrogens with one attached hydrogen (secondary N) is 2. The maximum absolute atomic E-state index is 11.1. The zero-order valence-electron chi connectivity index (χ0n) is 68.1. The molecule has 0 radical (unpaired) electrons. The summed E-state index contributed by atoms with van der Waals surface area (Å²) in [4.78, 5) is 53.2. The van der Waals surface area contributed by atoms with Gasteiger partial charge in [0.25, 0.3) is 0 Å². The number of hydrogen-bond donors (Lipinski definition) is 7. The normalized spacial score (nSPS) is 10.5. The van der Waals surface area contributed by atoms with Gasteiger partial charge in [0.1, 0.15) is 34.5 Å². The molecule has 0 spiro atoms. The van der Waals surface area contributed by atoms with E-state index in [2.05, 4.69) is 147 Å². The van der Waals surface area contributed by atoms with E-state index in [-0.39, 0.29) is 52.8 Å². The highest BCUT2D eigenvalue weighted by Gasteiger charge is 2.14. The number of aromatic amines is 2. The standard InChI is InChI=1S/C13H14BrNO3.C13H14N4O3.C13H16N2O3.C13H15NO4.C11H14NOP.C10H11NO2.C9H9N.C8H7NO.H2/c1-17-13(16)9-18-12-4-2-3-11-10(12)5-7-15(11)8-6-14;1-19-13(18)9-20-12-4-2-3-11-10(12)5-7-17(11)8-6-15-16-14;1-17-13(16)9-18-12-4-2-3-11-10(12)5-7-15(11)8-6-14;1-17-13(16)9-18-12-4-2-3-11-10(12)5-6-14(11)7-8-15;1-9-3-2-4-11-10(9)5-6-12(11)7-8-13-14;12-7-6-11-5-4-8-9(11)2-1-3-10(8)13;1-7-3-2-4-9-8(7)5-6-10-9;10-8-3-1-2-7-6(8)4-5-9-7;/h2-5,7H,6,8-9H2,1H3;2-5,7H,6,8-9H2,1H3;2-5,7H,6,8-9,14H2,1H3;2-6,15H,7-9H2,1H3;2-6H,7-8,14H2,1H3;1-5,12-13H,6-7H2;2-6,10H,1H3;1-5,9-10H;1H/i;;;;;;;;1+2. The zero-order chi connectivity index (χ0) is 86.4. The number of carbonyl (C=O) groups excluding carboxylic acids is 4. The molecule has 636 valence electrons. The van der Waals surface area contributed by atoms with Crippen molar-refractivity contribution in [3.8, 4) is 34.5 Å². The molecule has 0 amide bonds. The molecule has 8 aromatic carbocycles. The Morgan fingerprint density at radius 3 is 1.13 bits per heavy atom. The van der Waals surface area contributed by atoms with Crippen LogP contribution in [0.1, 0.15) is 12.6 Å². The molecule has 0 aliphatic heterocycles. The number of methoxy groups -OCH3 is 4. The van der Waals surface area contributed by atoms with Gasteiger partial charge >= 0.3 is 23.9 Å². The van der Waals surface area contributed by atoms with Crippen molar-refractivity contribution in [2.24, 2.45) is 10.8 Å². The number of aliphatic hydroxyl groups excluding tert-OH is 2. The molecule has 16 aromatic rings. The summed E-state index contributed by atoms with van der Waals surface area (Å²) in [6, 6.07) is 61.8. The number of aliphatic hydroxyl groups is 2. The third kappa shape index (κ3) is 25.7. The molecule has 0 aliphatic rings. The molecule has 29 nitrogen and oxygen atoms in total. The number of nitrogens with zero attached hydrogens (tertiary/aromatic N) is 9. The quantitative estimate of drug-likeness (QED) is 0.00503. The van der Waals surface area contributed by atoms with Crippen LogP contribution in [0, 0.1) is 13.8 Å². The summed E-state index contributed by atoms with van der Waals surface area (Å²) in [6.07, 6.45) is 15.5. The highest BCUT2D eigenvalue weighted by molar-refractivity contribution is 9.09. The Hall–Kier alpha value is -13.2. The lowest BCUT2D eigenvalue weighted by Gasteiger charge is -2.07. The zero-order valence-corrected chi connectivity index (χ0v) is 70.8. The molecule has 0 aliphatic carbocycles. The fourth-order valence-corrected chi connectivity index (χ4v) is 13.4. The van der Waals surface area contributed by atoms with Gasteiger partial charge in [-0.25, -0.2) is 19.2 Å². The Kier molecular flexibility index (Phi) is 36.4. The number of phenols is 2. The minimum absolute atomic E-state index is 0. The van der Waals surface area contributed by atoms with Gasteiger partial charge in [-0.2, -0.15) is 0 Å². The van der Waals surface area contributed by atoms with Gasteiger partial charge in [-0.15, -0.1) is 0 Å². The van der Waals surface area contributed by atoms with E-state index in [0.717, 1.165) is 97.0 Å². The van der Waals surface area contributed by atoms with Crippen molar-refractivity contribution < 1.29 is 83.4 Å². The van der Waals surface area contributed by atoms with E-state index < -0.39 is 17.9 Å². The number of azide groups is 1. The van der Waals surface area contributed by atoms with Gasteiger partial charge in [0.2, 0.25) is 0 Å². The summed E-state index contributed by atoms with van der Waals surface area (Å²) in [7, 11) is 7.60. The number of benzene rings is 8. The molecule has 0 saturated carbocycles. The van der Waals surface area contributed by atoms with E-state index in [1.54, 1.807) is 30.3 Å². The molecule has 8 heterocycles. The number of ether oxygens (including phenoxy) is 8. The monoisotopic (exact) mass is 1730 g/mol. The van der Waals surface area contributed by atoms with Gasteiger partial charge in [-0.1, -0.05) is 81.7 Å². The first-order chi connectivity index (χ1) is 58.9. The summed E-state index contributed by atoms with van der Waals surface area (Å²) >= 11 is 3.42. The van der Waals surface area contributed by atoms with Gasteiger partial charge in [0, 0.05) is 183 Å². The number of carbonyl (C=O) groups is 4. The van der Waals surface area contributed by atoms with E-state index in [0.29, 0.717) is 61.5 Å². The fourth-order valence-electron chi connectivity index (χ4n) is 12.9. The SMILES string of the molecule is COC(=O)COc1cccc2c1ccn2CCBr.COC(=O)COc1cccc2c1ccn2CCN.COC(=O)COc1cccc2c1ccn2CCN=[N+]=[N-].COC(=O)COc1cccc2c1ccn2CCO.Cc1cccc2[nH]ccc12.Cc1cccc2c1ccn2CCOP.OCCn1ccc2c(O)cccc21.Oc1cccc2[nH]ccc12.[3HH]. The molecule has 0 fully saturated rings. The van der Waals surface area contributed by atoms with Crippen LogP contribution in [0.2, 0.25) is 0 Å². The van der Waals surface area contributed by atoms with Crippen LogP contribution in [0.15, 0.2) is 249 Å². The van der Waals surface area contributed by atoms with Crippen molar-refractivity contribution in [1.82, 2.24) is 37.4 Å². The topological polar surface area (TPSA) is 368 Å². The largest absolute Gasteiger partial charge is 0.507 e. The predicted octanol–water partition coefficient (Wildman–Crippen LogP) is 16.1. The van der Waals surface area contributed by atoms with Crippen LogP contribution in [0.4, 0.5) is 0 Å². The number of H-pyrrole nitrogens is 2. The van der Waals surface area contributed by atoms with Crippen LogP contribution < -0.4 is 24.7 Å². The van der Waals surface area contributed by atoms with Crippen molar-refractivity contribution in [3.05, 3.63) is 265 Å². The van der Waals surface area contributed by atoms with Crippen molar-refractivity contribution in [3.63, 3.8) is 0 Å². The molecule has 0 bridgehead atoms. The highest BCUT2D eigenvalue weighted by atomic mass is 79.9. The molecule has 1 atom stereocenters. The average Bonchev–Trinajstić information content (AvgIpc) is 1.67. The van der Waals surface area contributed by atoms with Crippen molar-refractivity contribution in [2.75, 3.05) is 93.1 Å². The van der Waals surface area contributed by atoms with Crippen molar-refractivity contribution in [2.45, 2.75) is 53.1 Å². The Labute approximate surface area is 710 Å². The second kappa shape index (κ2) is 48.0. The Bertz CT molecular complexity index is 5730. The summed E-state index contributed by atoms with van der Waals surface area (Å²) in [6.45, 7) is 9.98. The van der Waals surface area contributed by atoms with E-state index in [4.69, 9.17) is 44.9 Å². The van der Waals surface area contributed by atoms with Crippen LogP contribution >= 0.6 is 25.4 Å². The fraction of sp³-hybridized carbons (Fsp3) is 0.244.